The molecule has 1 unspecified atom stereocenters. The molecule has 25 heavy (non-hydrogen) atoms. The maximum Gasteiger partial charge on any atom is 0.573 e. The molecule has 11 heteroatoms. The van der Waals surface area contributed by atoms with Gasteiger partial charge in [-0.05, 0) is 18.2 Å². The maximum absolute atomic E-state index is 12.5. The Hall–Kier alpha value is -2.14. The molecule has 0 bridgehead atoms. The van der Waals surface area contributed by atoms with E-state index in [2.05, 4.69) is 15.0 Å². The molecule has 1 heterocycles. The van der Waals surface area contributed by atoms with Crippen molar-refractivity contribution in [2.45, 2.75) is 30.8 Å². The number of likely N-dealkylation sites (N-methyl/N-ethyl adjacent to an activating group) is 1. The molecule has 1 aromatic carbocycles. The van der Waals surface area contributed by atoms with Gasteiger partial charge in [0.25, 0.3) is 0 Å². The molecule has 0 spiro atoms. The van der Waals surface area contributed by atoms with Crippen molar-refractivity contribution in [2.24, 2.45) is 10.7 Å². The largest absolute Gasteiger partial charge is 0.573 e. The molecule has 0 saturated carbocycles. The number of amidine groups is 1. The van der Waals surface area contributed by atoms with Crippen LogP contribution >= 0.6 is 0 Å². The van der Waals surface area contributed by atoms with Crippen LogP contribution in [0, 0.1) is 0 Å². The highest BCUT2D eigenvalue weighted by Gasteiger charge is 2.33. The van der Waals surface area contributed by atoms with Gasteiger partial charge in [0.1, 0.15) is 16.5 Å². The fraction of sp³-hybridized carbons (Fsp3) is 0.429. The Labute approximate surface area is 144 Å². The van der Waals surface area contributed by atoms with Crippen LogP contribution in [-0.2, 0) is 15.6 Å². The Morgan fingerprint density at radius 3 is 2.76 bits per heavy atom. The molecule has 0 aromatic heterocycles. The van der Waals surface area contributed by atoms with Crippen LogP contribution in [0.4, 0.5) is 18.9 Å². The fourth-order valence-electron chi connectivity index (χ4n) is 2.01. The van der Waals surface area contributed by atoms with Crippen LogP contribution in [0.15, 0.2) is 28.1 Å². The van der Waals surface area contributed by atoms with Gasteiger partial charge in [-0.25, -0.2) is 9.20 Å². The van der Waals surface area contributed by atoms with Gasteiger partial charge in [-0.15, -0.1) is 13.2 Å². The van der Waals surface area contributed by atoms with Crippen molar-refractivity contribution < 1.29 is 26.9 Å². The van der Waals surface area contributed by atoms with E-state index in [0.29, 0.717) is 6.42 Å². The number of ether oxygens (including phenoxy) is 1. The normalized spacial score (nSPS) is 17.5. The zero-order valence-corrected chi connectivity index (χ0v) is 14.3. The second-order valence-corrected chi connectivity index (χ2v) is 6.52. The van der Waals surface area contributed by atoms with E-state index >= 15 is 0 Å². The number of carbonyl (C=O) groups is 1. The number of fused-ring (bicyclic) bond motifs is 1. The van der Waals surface area contributed by atoms with E-state index in [0.717, 1.165) is 12.1 Å². The van der Waals surface area contributed by atoms with Gasteiger partial charge in [-0.3, -0.25) is 4.79 Å². The van der Waals surface area contributed by atoms with E-state index in [9.17, 15) is 22.2 Å². The van der Waals surface area contributed by atoms with Gasteiger partial charge in [0.05, 0.1) is 23.3 Å². The van der Waals surface area contributed by atoms with Crippen LogP contribution in [0.3, 0.4) is 0 Å². The number of halogens is 3. The van der Waals surface area contributed by atoms with Gasteiger partial charge in [0.15, 0.2) is 0 Å². The third-order valence-corrected chi connectivity index (χ3v) is 4.81. The summed E-state index contributed by atoms with van der Waals surface area (Å²) in [7, 11) is -0.265. The van der Waals surface area contributed by atoms with Crippen molar-refractivity contribution in [1.29, 1.82) is 0 Å². The van der Waals surface area contributed by atoms with Crippen molar-refractivity contribution in [3.05, 3.63) is 18.2 Å². The lowest BCUT2D eigenvalue weighted by Gasteiger charge is -2.25. The minimum atomic E-state index is -4.84. The van der Waals surface area contributed by atoms with Crippen LogP contribution in [-0.4, -0.2) is 46.3 Å². The lowest BCUT2D eigenvalue weighted by Crippen LogP contribution is -2.50. The third kappa shape index (κ3) is 4.69. The molecule has 1 aliphatic heterocycles. The summed E-state index contributed by atoms with van der Waals surface area (Å²) in [5.41, 5.74) is 6.21. The Morgan fingerprint density at radius 2 is 2.16 bits per heavy atom. The number of rotatable bonds is 5. The highest BCUT2D eigenvalue weighted by Crippen LogP contribution is 2.35. The van der Waals surface area contributed by atoms with Crippen molar-refractivity contribution in [3.8, 4) is 5.75 Å². The number of nitrogens with two attached hydrogens (primary N) is 1. The first-order valence-corrected chi connectivity index (χ1v) is 8.42. The molecule has 0 aliphatic carbocycles. The Kier molecular flexibility index (Phi) is 5.68. The molecule has 0 radical (unpaired) electrons. The number of alkyl halides is 3. The number of benzene rings is 1. The lowest BCUT2D eigenvalue weighted by molar-refractivity contribution is -0.274. The highest BCUT2D eigenvalue weighted by atomic mass is 32.2. The second-order valence-electron chi connectivity index (χ2n) is 5.18. The molecule has 7 nitrogen and oxygen atoms in total. The number of nitrogens with one attached hydrogen (secondary N) is 1. The fourth-order valence-corrected chi connectivity index (χ4v) is 3.31. The van der Waals surface area contributed by atoms with Crippen LogP contribution in [0.25, 0.3) is 0 Å². The number of nitrogens with zero attached hydrogens (tertiary/aromatic N) is 2. The summed E-state index contributed by atoms with van der Waals surface area (Å²) in [6, 6.07) is 3.42. The standard InChI is InChI=1S/C14H17F3N4O3S/c1-3-12(22)19-7-11(18)21(2)13-20-9-5-4-8(24-14(15,16)17)6-10(9)25(13)23/h4-6,11H,3,7,18H2,1-2H3,(H,19,22)/t11-,25?/m1/s1. The first-order valence-electron chi connectivity index (χ1n) is 7.27. The van der Waals surface area contributed by atoms with Gasteiger partial charge in [0, 0.05) is 13.5 Å². The second kappa shape index (κ2) is 7.40. The minimum Gasteiger partial charge on any atom is -0.406 e. The zero-order chi connectivity index (χ0) is 18.8. The van der Waals surface area contributed by atoms with Gasteiger partial charge in [0.2, 0.25) is 11.1 Å². The van der Waals surface area contributed by atoms with Crippen molar-refractivity contribution in [2.75, 3.05) is 13.6 Å². The monoisotopic (exact) mass is 378 g/mol. The first kappa shape index (κ1) is 19.2. The topological polar surface area (TPSA) is 97.0 Å². The summed E-state index contributed by atoms with van der Waals surface area (Å²) in [5.74, 6) is -0.659. The van der Waals surface area contributed by atoms with Crippen molar-refractivity contribution in [3.63, 3.8) is 0 Å². The summed E-state index contributed by atoms with van der Waals surface area (Å²) in [6.45, 7) is 1.80. The van der Waals surface area contributed by atoms with Crippen LogP contribution in [0.2, 0.25) is 0 Å². The highest BCUT2D eigenvalue weighted by molar-refractivity contribution is 8.01. The quantitative estimate of drug-likeness (QED) is 0.756. The molecule has 1 amide bonds. The molecule has 1 aliphatic rings. The molecular formula is C14H17F3N4O3S. The number of amides is 1. The van der Waals surface area contributed by atoms with Gasteiger partial charge < -0.3 is 20.7 Å². The Morgan fingerprint density at radius 1 is 1.48 bits per heavy atom. The maximum atomic E-state index is 12.5. The number of hydrogen-bond acceptors (Lipinski definition) is 6. The predicted molar refractivity (Wildman–Crippen MR) is 85.7 cm³/mol. The van der Waals surface area contributed by atoms with Gasteiger partial charge in [-0.1, -0.05) is 6.92 Å². The molecule has 0 fully saturated rings. The Balaban J connectivity index is 2.11. The van der Waals surface area contributed by atoms with Crippen LogP contribution in [0.1, 0.15) is 13.3 Å². The SMILES string of the molecule is CCC(=O)NC[C@H](N)N(C)C1=Nc2ccc(OC(F)(F)F)cc2S1=O. The average molecular weight is 378 g/mol. The molecule has 2 rings (SSSR count). The van der Waals surface area contributed by atoms with Crippen molar-refractivity contribution in [1.82, 2.24) is 10.2 Å². The molecule has 3 N–H and O–H groups in total. The third-order valence-electron chi connectivity index (χ3n) is 3.38. The minimum absolute atomic E-state index is 0.0948. The summed E-state index contributed by atoms with van der Waals surface area (Å²) in [5, 5.41) is 2.70. The van der Waals surface area contributed by atoms with Crippen LogP contribution in [0.5, 0.6) is 5.75 Å². The van der Waals surface area contributed by atoms with E-state index < -0.39 is 29.1 Å². The summed E-state index contributed by atoms with van der Waals surface area (Å²) < 4.78 is 53.2. The predicted octanol–water partition coefficient (Wildman–Crippen LogP) is 1.44. The van der Waals surface area contributed by atoms with E-state index in [1.165, 1.54) is 11.0 Å². The van der Waals surface area contributed by atoms with E-state index in [-0.39, 0.29) is 28.2 Å². The van der Waals surface area contributed by atoms with Crippen molar-refractivity contribution >= 4 is 27.6 Å². The first-order chi connectivity index (χ1) is 11.6. The molecule has 1 aromatic rings. The average Bonchev–Trinajstić information content (AvgIpc) is 2.86. The summed E-state index contributed by atoms with van der Waals surface area (Å²) in [6.07, 6.45) is -5.23. The molecule has 0 saturated heterocycles. The van der Waals surface area contributed by atoms with Gasteiger partial charge in [-0.2, -0.15) is 0 Å². The number of carbonyl (C=O) groups excluding carboxylic acids is 1. The Bertz CT molecular complexity index is 724. The number of hydrogen-bond donors (Lipinski definition) is 2. The summed E-state index contributed by atoms with van der Waals surface area (Å²) in [4.78, 5) is 16.9. The van der Waals surface area contributed by atoms with Crippen LogP contribution < -0.4 is 15.8 Å². The lowest BCUT2D eigenvalue weighted by atomic mass is 10.3. The number of aliphatic imine (C=N–C) groups is 1. The molecule has 138 valence electrons. The van der Waals surface area contributed by atoms with Gasteiger partial charge >= 0.3 is 6.36 Å². The zero-order valence-electron chi connectivity index (χ0n) is 13.5. The smallest absolute Gasteiger partial charge is 0.406 e. The molecular weight excluding hydrogens is 361 g/mol. The molecule has 2 atom stereocenters. The summed E-state index contributed by atoms with van der Waals surface area (Å²) >= 11 is 0. The van der Waals surface area contributed by atoms with E-state index in [1.54, 1.807) is 14.0 Å². The van der Waals surface area contributed by atoms with E-state index in [1.807, 2.05) is 0 Å². The van der Waals surface area contributed by atoms with E-state index in [4.69, 9.17) is 5.73 Å².